The summed E-state index contributed by atoms with van der Waals surface area (Å²) in [5.74, 6) is -0.0488. The summed E-state index contributed by atoms with van der Waals surface area (Å²) in [7, 11) is 1.56. The quantitative estimate of drug-likeness (QED) is 0.257. The number of aromatic nitrogens is 4. The summed E-state index contributed by atoms with van der Waals surface area (Å²) in [4.78, 5) is 38.7. The number of fused-ring (bicyclic) bond motifs is 1. The first-order valence-electron chi connectivity index (χ1n) is 12.1. The summed E-state index contributed by atoms with van der Waals surface area (Å²) in [6.07, 6.45) is 0.371. The zero-order valence-corrected chi connectivity index (χ0v) is 20.8. The number of rotatable bonds is 11. The van der Waals surface area contributed by atoms with Crippen molar-refractivity contribution in [2.24, 2.45) is 0 Å². The summed E-state index contributed by atoms with van der Waals surface area (Å²) in [6.45, 7) is 4.21. The van der Waals surface area contributed by atoms with Crippen LogP contribution in [0.5, 0.6) is 12.0 Å². The molecule has 2 amide bonds. The van der Waals surface area contributed by atoms with Gasteiger partial charge in [-0.15, -0.1) is 0 Å². The molecule has 198 valence electrons. The zero-order chi connectivity index (χ0) is 26.2. The number of aromatic hydroxyl groups is 1. The van der Waals surface area contributed by atoms with Crippen molar-refractivity contribution in [1.82, 2.24) is 35.1 Å². The van der Waals surface area contributed by atoms with Crippen LogP contribution in [0.1, 0.15) is 24.0 Å². The monoisotopic (exact) mass is 512 g/mol. The standard InChI is InChI=1S/C24H32N8O5/c1-36-12-13-37-23-29-21(25)20-22(30-23)32(24(35)28-20)15-17-4-2-16(3-5-17)14-27-18(33)6-7-19(34)31-10-8-26-9-11-31/h2-5,26H,6-15H2,1H3,(H,27,33)(H,28,35)(H2,25,29,30). The topological polar surface area (TPSA) is 170 Å². The van der Waals surface area contributed by atoms with E-state index in [1.807, 2.05) is 24.3 Å². The van der Waals surface area contributed by atoms with Crippen LogP contribution in [-0.4, -0.2) is 87.8 Å². The van der Waals surface area contributed by atoms with E-state index in [1.54, 1.807) is 12.0 Å². The number of nitrogens with two attached hydrogens (primary N) is 1. The van der Waals surface area contributed by atoms with Gasteiger partial charge in [-0.05, 0) is 11.1 Å². The van der Waals surface area contributed by atoms with Crippen molar-refractivity contribution in [1.29, 1.82) is 0 Å². The minimum absolute atomic E-state index is 0.0111. The van der Waals surface area contributed by atoms with Crippen LogP contribution in [-0.2, 0) is 27.4 Å². The highest BCUT2D eigenvalue weighted by Crippen LogP contribution is 2.25. The molecule has 1 aliphatic rings. The van der Waals surface area contributed by atoms with Gasteiger partial charge in [-0.1, -0.05) is 24.3 Å². The molecule has 3 heterocycles. The number of anilines is 1. The number of nitrogens with zero attached hydrogens (tertiary/aromatic N) is 5. The summed E-state index contributed by atoms with van der Waals surface area (Å²) in [5, 5.41) is 16.4. The second kappa shape index (κ2) is 12.3. The molecule has 13 nitrogen and oxygen atoms in total. The average Bonchev–Trinajstić information content (AvgIpc) is 3.23. The van der Waals surface area contributed by atoms with E-state index < -0.39 is 0 Å². The molecule has 1 saturated heterocycles. The van der Waals surface area contributed by atoms with Crippen molar-refractivity contribution >= 4 is 28.8 Å². The molecule has 0 atom stereocenters. The van der Waals surface area contributed by atoms with Crippen LogP contribution in [0, 0.1) is 0 Å². The van der Waals surface area contributed by atoms with Gasteiger partial charge in [0.25, 0.3) is 6.01 Å². The van der Waals surface area contributed by atoms with Crippen LogP contribution in [0.4, 0.5) is 5.82 Å². The van der Waals surface area contributed by atoms with E-state index in [2.05, 4.69) is 25.6 Å². The molecule has 13 heteroatoms. The summed E-state index contributed by atoms with van der Waals surface area (Å²) >= 11 is 0. The number of hydrogen-bond acceptors (Lipinski definition) is 10. The molecule has 0 radical (unpaired) electrons. The molecule has 0 spiro atoms. The lowest BCUT2D eigenvalue weighted by molar-refractivity contribution is -0.134. The molecule has 0 aliphatic carbocycles. The van der Waals surface area contributed by atoms with Crippen molar-refractivity contribution in [3.05, 3.63) is 35.4 Å². The fourth-order valence-corrected chi connectivity index (χ4v) is 3.94. The van der Waals surface area contributed by atoms with E-state index in [0.29, 0.717) is 31.9 Å². The lowest BCUT2D eigenvalue weighted by Gasteiger charge is -2.27. The van der Waals surface area contributed by atoms with Gasteiger partial charge in [-0.25, -0.2) is 0 Å². The first-order chi connectivity index (χ1) is 17.9. The first-order valence-corrected chi connectivity index (χ1v) is 12.1. The highest BCUT2D eigenvalue weighted by molar-refractivity contribution is 5.84. The summed E-state index contributed by atoms with van der Waals surface area (Å²) < 4.78 is 11.9. The second-order valence-corrected chi connectivity index (χ2v) is 8.63. The maximum atomic E-state index is 12.2. The van der Waals surface area contributed by atoms with Crippen molar-refractivity contribution in [3.8, 4) is 12.0 Å². The van der Waals surface area contributed by atoms with Crippen molar-refractivity contribution in [2.75, 3.05) is 52.2 Å². The molecule has 0 bridgehead atoms. The molecule has 1 aliphatic heterocycles. The van der Waals surface area contributed by atoms with Gasteiger partial charge in [0.2, 0.25) is 11.8 Å². The molecule has 4 rings (SSSR count). The van der Waals surface area contributed by atoms with Gasteiger partial charge in [0, 0.05) is 52.7 Å². The first kappa shape index (κ1) is 26.1. The predicted molar refractivity (Wildman–Crippen MR) is 135 cm³/mol. The number of imidazole rings is 1. The molecule has 2 aromatic heterocycles. The third-order valence-electron chi connectivity index (χ3n) is 5.99. The molecule has 0 saturated carbocycles. The van der Waals surface area contributed by atoms with Gasteiger partial charge in [0.05, 0.1) is 13.2 Å². The Hall–Kier alpha value is -3.97. The Morgan fingerprint density at radius 3 is 2.54 bits per heavy atom. The van der Waals surface area contributed by atoms with Gasteiger partial charge < -0.3 is 35.8 Å². The highest BCUT2D eigenvalue weighted by Gasteiger charge is 2.18. The normalized spacial score (nSPS) is 13.6. The van der Waals surface area contributed by atoms with Crippen LogP contribution in [0.15, 0.2) is 24.3 Å². The Balaban J connectivity index is 1.32. The van der Waals surface area contributed by atoms with Crippen LogP contribution in [0.3, 0.4) is 0 Å². The number of carbonyl (C=O) groups excluding carboxylic acids is 2. The molecule has 5 N–H and O–H groups in total. The lowest BCUT2D eigenvalue weighted by atomic mass is 10.1. The van der Waals surface area contributed by atoms with E-state index in [0.717, 1.165) is 24.2 Å². The molecular weight excluding hydrogens is 480 g/mol. The van der Waals surface area contributed by atoms with Gasteiger partial charge in [-0.2, -0.15) is 15.0 Å². The average molecular weight is 513 g/mol. The van der Waals surface area contributed by atoms with E-state index in [4.69, 9.17) is 15.2 Å². The zero-order valence-electron chi connectivity index (χ0n) is 20.8. The van der Waals surface area contributed by atoms with Crippen molar-refractivity contribution in [2.45, 2.75) is 25.9 Å². The van der Waals surface area contributed by atoms with E-state index in [9.17, 15) is 14.7 Å². The maximum Gasteiger partial charge on any atom is 0.320 e. The lowest BCUT2D eigenvalue weighted by Crippen LogP contribution is -2.46. The molecular formula is C24H32N8O5. The fraction of sp³-hybridized carbons (Fsp3) is 0.458. The number of ether oxygens (including phenoxy) is 2. The molecule has 37 heavy (non-hydrogen) atoms. The number of amides is 2. The largest absolute Gasteiger partial charge is 0.480 e. The molecule has 1 fully saturated rings. The number of nitrogen functional groups attached to an aromatic ring is 1. The third-order valence-corrected chi connectivity index (χ3v) is 5.99. The number of benzene rings is 1. The second-order valence-electron chi connectivity index (χ2n) is 8.63. The predicted octanol–water partition coefficient (Wildman–Crippen LogP) is 0.0158. The van der Waals surface area contributed by atoms with Crippen LogP contribution >= 0.6 is 0 Å². The smallest absolute Gasteiger partial charge is 0.320 e. The van der Waals surface area contributed by atoms with Crippen LogP contribution in [0.2, 0.25) is 0 Å². The maximum absolute atomic E-state index is 12.2. The minimum atomic E-state index is -0.239. The third kappa shape index (κ3) is 6.83. The summed E-state index contributed by atoms with van der Waals surface area (Å²) in [6, 6.07) is 7.39. The number of carbonyl (C=O) groups is 2. The SMILES string of the molecule is COCCOc1nc(N)c2nc(O)n(Cc3ccc(CNC(=O)CCC(=O)N4CCNCC4)cc3)c2n1. The van der Waals surface area contributed by atoms with Crippen molar-refractivity contribution in [3.63, 3.8) is 0 Å². The number of hydrogen-bond donors (Lipinski definition) is 4. The number of methoxy groups -OCH3 is 1. The van der Waals surface area contributed by atoms with Crippen LogP contribution < -0.4 is 21.1 Å². The molecule has 3 aromatic rings. The Kier molecular flexibility index (Phi) is 8.69. The Morgan fingerprint density at radius 2 is 1.81 bits per heavy atom. The van der Waals surface area contributed by atoms with E-state index in [-0.39, 0.29) is 61.2 Å². The van der Waals surface area contributed by atoms with E-state index >= 15 is 0 Å². The van der Waals surface area contributed by atoms with Gasteiger partial charge in [0.1, 0.15) is 6.61 Å². The Labute approximate surface area is 214 Å². The summed E-state index contributed by atoms with van der Waals surface area (Å²) in [5.41, 5.74) is 8.41. The van der Waals surface area contributed by atoms with Crippen LogP contribution in [0.25, 0.3) is 11.2 Å². The highest BCUT2D eigenvalue weighted by atomic mass is 16.5. The Bertz CT molecular complexity index is 1220. The fourth-order valence-electron chi connectivity index (χ4n) is 3.94. The van der Waals surface area contributed by atoms with Gasteiger partial charge in [-0.3, -0.25) is 14.2 Å². The van der Waals surface area contributed by atoms with Crippen molar-refractivity contribution < 1.29 is 24.2 Å². The minimum Gasteiger partial charge on any atom is -0.480 e. The molecule has 0 unspecified atom stereocenters. The Morgan fingerprint density at radius 1 is 1.08 bits per heavy atom. The number of nitrogens with one attached hydrogen (secondary N) is 2. The van der Waals surface area contributed by atoms with E-state index in [1.165, 1.54) is 4.57 Å². The molecule has 1 aromatic carbocycles. The van der Waals surface area contributed by atoms with Gasteiger partial charge >= 0.3 is 6.01 Å². The number of piperazine rings is 1. The van der Waals surface area contributed by atoms with Gasteiger partial charge in [0.15, 0.2) is 17.0 Å².